The fourth-order valence-corrected chi connectivity index (χ4v) is 1.52. The summed E-state index contributed by atoms with van der Waals surface area (Å²) in [6.45, 7) is 0. The van der Waals surface area contributed by atoms with Crippen LogP contribution in [0.2, 0.25) is 0 Å². The Labute approximate surface area is 126 Å². The second kappa shape index (κ2) is 7.11. The molecule has 0 saturated heterocycles. The van der Waals surface area contributed by atoms with Crippen molar-refractivity contribution in [1.82, 2.24) is 10.4 Å². The van der Waals surface area contributed by atoms with Crippen molar-refractivity contribution >= 4 is 35.1 Å². The smallest absolute Gasteiger partial charge is 0.285 e. The number of para-hydroxylation sites is 1. The van der Waals surface area contributed by atoms with E-state index < -0.39 is 5.91 Å². The molecule has 2 rings (SSSR count). The summed E-state index contributed by atoms with van der Waals surface area (Å²) in [6, 6.07) is 11.8. The number of hydrogen-bond acceptors (Lipinski definition) is 5. The van der Waals surface area contributed by atoms with Crippen LogP contribution in [0.25, 0.3) is 0 Å². The van der Waals surface area contributed by atoms with E-state index in [4.69, 9.17) is 12.2 Å². The lowest BCUT2D eigenvalue weighted by atomic mass is 10.2. The number of anilines is 1. The van der Waals surface area contributed by atoms with Gasteiger partial charge >= 0.3 is 0 Å². The summed E-state index contributed by atoms with van der Waals surface area (Å²) in [4.78, 5) is 15.6. The molecule has 0 fully saturated rings. The molecule has 0 aliphatic heterocycles. The van der Waals surface area contributed by atoms with Crippen molar-refractivity contribution in [2.45, 2.75) is 0 Å². The van der Waals surface area contributed by atoms with Crippen LogP contribution in [-0.2, 0) is 4.79 Å². The first-order chi connectivity index (χ1) is 10.2. The van der Waals surface area contributed by atoms with Gasteiger partial charge in [0.15, 0.2) is 4.99 Å². The highest BCUT2D eigenvalue weighted by molar-refractivity contribution is 7.82. The van der Waals surface area contributed by atoms with Crippen LogP contribution in [-0.4, -0.2) is 27.2 Å². The number of hydrazone groups is 1. The molecule has 0 bridgehead atoms. The molecule has 0 unspecified atom stereocenters. The van der Waals surface area contributed by atoms with Gasteiger partial charge < -0.3 is 10.4 Å². The van der Waals surface area contributed by atoms with Gasteiger partial charge in [0.1, 0.15) is 11.6 Å². The molecule has 7 heteroatoms. The Balaban J connectivity index is 1.90. The van der Waals surface area contributed by atoms with Gasteiger partial charge in [-0.3, -0.25) is 10.2 Å². The van der Waals surface area contributed by atoms with Crippen LogP contribution in [0.5, 0.6) is 5.75 Å². The summed E-state index contributed by atoms with van der Waals surface area (Å²) in [5.41, 5.74) is 2.94. The van der Waals surface area contributed by atoms with Crippen molar-refractivity contribution in [2.75, 3.05) is 5.32 Å². The number of thiocarbonyl (C=S) groups is 1. The average molecular weight is 300 g/mol. The molecule has 1 aromatic carbocycles. The fraction of sp³-hybridized carbons (Fsp3) is 0. The molecule has 0 saturated carbocycles. The van der Waals surface area contributed by atoms with Gasteiger partial charge in [-0.15, -0.1) is 0 Å². The Kier molecular flexibility index (Phi) is 4.94. The third-order valence-corrected chi connectivity index (χ3v) is 2.70. The van der Waals surface area contributed by atoms with Crippen LogP contribution in [0.1, 0.15) is 5.56 Å². The Morgan fingerprint density at radius 1 is 1.24 bits per heavy atom. The molecule has 21 heavy (non-hydrogen) atoms. The molecule has 0 radical (unpaired) electrons. The maximum absolute atomic E-state index is 11.7. The van der Waals surface area contributed by atoms with E-state index >= 15 is 0 Å². The second-order valence-corrected chi connectivity index (χ2v) is 4.34. The van der Waals surface area contributed by atoms with E-state index in [9.17, 15) is 9.90 Å². The number of aromatic nitrogens is 1. The summed E-state index contributed by atoms with van der Waals surface area (Å²) in [5, 5.41) is 15.9. The van der Waals surface area contributed by atoms with Gasteiger partial charge in [-0.25, -0.2) is 4.98 Å². The second-order valence-electron chi connectivity index (χ2n) is 3.93. The van der Waals surface area contributed by atoms with Crippen molar-refractivity contribution in [1.29, 1.82) is 0 Å². The number of pyridine rings is 1. The quantitative estimate of drug-likeness (QED) is 0.456. The van der Waals surface area contributed by atoms with E-state index in [2.05, 4.69) is 20.8 Å². The van der Waals surface area contributed by atoms with Crippen LogP contribution in [0.3, 0.4) is 0 Å². The van der Waals surface area contributed by atoms with E-state index in [1.54, 1.807) is 42.6 Å². The van der Waals surface area contributed by atoms with E-state index in [1.165, 1.54) is 12.3 Å². The normalized spacial score (nSPS) is 10.3. The number of phenolic OH excluding ortho intramolecular Hbond substituents is 1. The summed E-state index contributed by atoms with van der Waals surface area (Å²) in [6.07, 6.45) is 2.93. The number of nitrogens with zero attached hydrogens (tertiary/aromatic N) is 2. The SMILES string of the molecule is O=C(Nc1ccccn1)C(=S)NN=Cc1ccccc1O. The molecule has 0 spiro atoms. The molecular weight excluding hydrogens is 288 g/mol. The summed E-state index contributed by atoms with van der Waals surface area (Å²) in [7, 11) is 0. The van der Waals surface area contributed by atoms with Crippen LogP contribution in [0.4, 0.5) is 5.82 Å². The fourth-order valence-electron chi connectivity index (χ4n) is 1.42. The van der Waals surface area contributed by atoms with Crippen LogP contribution in [0, 0.1) is 0 Å². The molecule has 2 aromatic rings. The van der Waals surface area contributed by atoms with E-state index in [1.807, 2.05) is 0 Å². The molecule has 1 aromatic heterocycles. The number of carbonyl (C=O) groups excluding carboxylic acids is 1. The highest BCUT2D eigenvalue weighted by atomic mass is 32.1. The van der Waals surface area contributed by atoms with Crippen molar-refractivity contribution in [3.63, 3.8) is 0 Å². The molecule has 1 amide bonds. The first-order valence-electron chi connectivity index (χ1n) is 6.00. The zero-order valence-electron chi connectivity index (χ0n) is 10.9. The largest absolute Gasteiger partial charge is 0.507 e. The van der Waals surface area contributed by atoms with Crippen molar-refractivity contribution < 1.29 is 9.90 Å². The van der Waals surface area contributed by atoms with Gasteiger partial charge in [0.2, 0.25) is 0 Å². The highest BCUT2D eigenvalue weighted by Gasteiger charge is 2.08. The van der Waals surface area contributed by atoms with Crippen LogP contribution in [0.15, 0.2) is 53.8 Å². The average Bonchev–Trinajstić information content (AvgIpc) is 2.50. The Morgan fingerprint density at radius 3 is 2.71 bits per heavy atom. The Morgan fingerprint density at radius 2 is 2.00 bits per heavy atom. The van der Waals surface area contributed by atoms with E-state index in [0.29, 0.717) is 11.4 Å². The maximum Gasteiger partial charge on any atom is 0.285 e. The van der Waals surface area contributed by atoms with Gasteiger partial charge in [-0.05, 0) is 24.3 Å². The number of carbonyl (C=O) groups is 1. The van der Waals surface area contributed by atoms with Gasteiger partial charge in [0.05, 0.1) is 6.21 Å². The van der Waals surface area contributed by atoms with Gasteiger partial charge in [0, 0.05) is 11.8 Å². The maximum atomic E-state index is 11.7. The molecule has 106 valence electrons. The van der Waals surface area contributed by atoms with Crippen molar-refractivity contribution in [3.05, 3.63) is 54.2 Å². The van der Waals surface area contributed by atoms with E-state index in [0.717, 1.165) is 0 Å². The number of amides is 1. The number of nitrogens with one attached hydrogen (secondary N) is 2. The zero-order valence-corrected chi connectivity index (χ0v) is 11.7. The lowest BCUT2D eigenvalue weighted by Crippen LogP contribution is -2.31. The highest BCUT2D eigenvalue weighted by Crippen LogP contribution is 2.12. The third kappa shape index (κ3) is 4.36. The monoisotopic (exact) mass is 300 g/mol. The minimum absolute atomic E-state index is 0.0897. The zero-order chi connectivity index (χ0) is 15.1. The van der Waals surface area contributed by atoms with E-state index in [-0.39, 0.29) is 10.7 Å². The lowest BCUT2D eigenvalue weighted by Gasteiger charge is -2.04. The molecule has 6 nitrogen and oxygen atoms in total. The molecular formula is C14H12N4O2S. The van der Waals surface area contributed by atoms with Crippen LogP contribution < -0.4 is 10.7 Å². The van der Waals surface area contributed by atoms with Crippen molar-refractivity contribution in [2.24, 2.45) is 5.10 Å². The first-order valence-corrected chi connectivity index (χ1v) is 6.41. The first kappa shape index (κ1) is 14.6. The number of rotatable bonds is 3. The van der Waals surface area contributed by atoms with Gasteiger partial charge in [-0.2, -0.15) is 5.10 Å². The summed E-state index contributed by atoms with van der Waals surface area (Å²) < 4.78 is 0. The Hall–Kier alpha value is -2.80. The minimum Gasteiger partial charge on any atom is -0.507 e. The number of aromatic hydroxyl groups is 1. The van der Waals surface area contributed by atoms with Gasteiger partial charge in [0.25, 0.3) is 5.91 Å². The predicted molar refractivity (Wildman–Crippen MR) is 84.3 cm³/mol. The predicted octanol–water partition coefficient (Wildman–Crippen LogP) is 1.68. The third-order valence-electron chi connectivity index (χ3n) is 2.42. The van der Waals surface area contributed by atoms with Crippen LogP contribution >= 0.6 is 12.2 Å². The van der Waals surface area contributed by atoms with Crippen molar-refractivity contribution in [3.8, 4) is 5.75 Å². The summed E-state index contributed by atoms with van der Waals surface area (Å²) >= 11 is 4.90. The molecule has 0 atom stereocenters. The minimum atomic E-state index is -0.516. The van der Waals surface area contributed by atoms with Gasteiger partial charge in [-0.1, -0.05) is 30.4 Å². The Bertz CT molecular complexity index is 674. The number of benzene rings is 1. The standard InChI is InChI=1S/C14H12N4O2S/c19-11-6-2-1-5-10(11)9-16-18-14(21)13(20)17-12-7-3-4-8-15-12/h1-9,19H,(H,18,21)(H,15,17,20). The number of phenols is 1. The lowest BCUT2D eigenvalue weighted by molar-refractivity contribution is -0.110. The molecule has 0 aliphatic carbocycles. The summed E-state index contributed by atoms with van der Waals surface area (Å²) in [5.74, 6) is -0.0265. The number of hydrogen-bond donors (Lipinski definition) is 3. The topological polar surface area (TPSA) is 86.6 Å². The molecule has 1 heterocycles. The molecule has 0 aliphatic rings. The molecule has 3 N–H and O–H groups in total.